The van der Waals surface area contributed by atoms with E-state index in [0.717, 1.165) is 17.6 Å². The molecule has 0 saturated heterocycles. The van der Waals surface area contributed by atoms with Crippen molar-refractivity contribution >= 4 is 10.9 Å². The lowest BCUT2D eigenvalue weighted by atomic mass is 9.88. The first kappa shape index (κ1) is 14.0. The van der Waals surface area contributed by atoms with Gasteiger partial charge in [-0.2, -0.15) is 0 Å². The summed E-state index contributed by atoms with van der Waals surface area (Å²) in [4.78, 5) is 4.78. The summed E-state index contributed by atoms with van der Waals surface area (Å²) in [6.07, 6.45) is 2.30. The van der Waals surface area contributed by atoms with E-state index >= 15 is 0 Å². The third kappa shape index (κ3) is 3.77. The molecule has 0 amide bonds. The molecule has 1 heterocycles. The van der Waals surface area contributed by atoms with E-state index < -0.39 is 0 Å². The van der Waals surface area contributed by atoms with Crippen molar-refractivity contribution in [3.63, 3.8) is 0 Å². The van der Waals surface area contributed by atoms with Crippen molar-refractivity contribution in [3.8, 4) is 0 Å². The Morgan fingerprint density at radius 3 is 2.53 bits per heavy atom. The number of nitrogens with one attached hydrogen (secondary N) is 1. The van der Waals surface area contributed by atoms with Crippen molar-refractivity contribution in [2.45, 2.75) is 39.7 Å². The minimum Gasteiger partial charge on any atom is -0.312 e. The van der Waals surface area contributed by atoms with Crippen LogP contribution in [0.2, 0.25) is 0 Å². The second-order valence-electron chi connectivity index (χ2n) is 6.37. The van der Waals surface area contributed by atoms with E-state index in [2.05, 4.69) is 56.4 Å². The van der Waals surface area contributed by atoms with Crippen molar-refractivity contribution in [1.82, 2.24) is 10.3 Å². The maximum Gasteiger partial charge on any atom is 0.0706 e. The molecule has 0 aliphatic carbocycles. The van der Waals surface area contributed by atoms with Gasteiger partial charge in [0.25, 0.3) is 0 Å². The van der Waals surface area contributed by atoms with Crippen LogP contribution in [0.3, 0.4) is 0 Å². The van der Waals surface area contributed by atoms with E-state index in [0.29, 0.717) is 11.5 Å². The van der Waals surface area contributed by atoms with Crippen LogP contribution in [0.25, 0.3) is 10.9 Å². The third-order valence-corrected chi connectivity index (χ3v) is 3.51. The van der Waals surface area contributed by atoms with E-state index in [1.165, 1.54) is 11.8 Å². The van der Waals surface area contributed by atoms with Gasteiger partial charge in [-0.25, -0.2) is 0 Å². The molecular weight excluding hydrogens is 232 g/mol. The molecule has 19 heavy (non-hydrogen) atoms. The number of fused-ring (bicyclic) bond motifs is 1. The average molecular weight is 256 g/mol. The summed E-state index contributed by atoms with van der Waals surface area (Å²) in [5.41, 5.74) is 2.59. The molecular formula is C17H24N2. The Labute approximate surface area is 116 Å². The minimum atomic E-state index is 0.337. The van der Waals surface area contributed by atoms with Gasteiger partial charge in [-0.15, -0.1) is 0 Å². The zero-order chi connectivity index (χ0) is 13.9. The van der Waals surface area contributed by atoms with Crippen molar-refractivity contribution in [2.24, 2.45) is 5.41 Å². The molecule has 2 nitrogen and oxygen atoms in total. The quantitative estimate of drug-likeness (QED) is 0.881. The van der Waals surface area contributed by atoms with Crippen LogP contribution in [0.15, 0.2) is 36.4 Å². The fraction of sp³-hybridized carbons (Fsp3) is 0.471. The van der Waals surface area contributed by atoms with Crippen molar-refractivity contribution in [2.75, 3.05) is 7.05 Å². The van der Waals surface area contributed by atoms with Gasteiger partial charge >= 0.3 is 0 Å². The predicted molar refractivity (Wildman–Crippen MR) is 82.2 cm³/mol. The first-order valence-corrected chi connectivity index (χ1v) is 7.02. The van der Waals surface area contributed by atoms with Gasteiger partial charge in [0.05, 0.1) is 11.2 Å². The number of hydrogen-bond donors (Lipinski definition) is 1. The standard InChI is InChI=1S/C17H24N2/c1-17(2,3)12-11-15(18-4)16-10-9-13-7-5-6-8-14(13)19-16/h5-10,15,18H,11-12H2,1-4H3. The van der Waals surface area contributed by atoms with Gasteiger partial charge in [0.1, 0.15) is 0 Å². The molecule has 1 N–H and O–H groups in total. The van der Waals surface area contributed by atoms with Gasteiger partial charge in [0.2, 0.25) is 0 Å². The molecule has 1 unspecified atom stereocenters. The fourth-order valence-corrected chi connectivity index (χ4v) is 2.29. The van der Waals surface area contributed by atoms with Gasteiger partial charge in [0.15, 0.2) is 0 Å². The van der Waals surface area contributed by atoms with Gasteiger partial charge in [0, 0.05) is 11.4 Å². The highest BCUT2D eigenvalue weighted by Gasteiger charge is 2.16. The van der Waals surface area contributed by atoms with Crippen molar-refractivity contribution in [1.29, 1.82) is 0 Å². The number of aromatic nitrogens is 1. The van der Waals surface area contributed by atoms with Crippen LogP contribution in [-0.4, -0.2) is 12.0 Å². The van der Waals surface area contributed by atoms with Gasteiger partial charge in [-0.3, -0.25) is 4.98 Å². The van der Waals surface area contributed by atoms with E-state index in [-0.39, 0.29) is 0 Å². The summed E-state index contributed by atoms with van der Waals surface area (Å²) < 4.78 is 0. The number of hydrogen-bond acceptors (Lipinski definition) is 2. The van der Waals surface area contributed by atoms with Gasteiger partial charge in [-0.1, -0.05) is 45.0 Å². The smallest absolute Gasteiger partial charge is 0.0706 e. The topological polar surface area (TPSA) is 24.9 Å². The highest BCUT2D eigenvalue weighted by molar-refractivity contribution is 5.78. The summed E-state index contributed by atoms with van der Waals surface area (Å²) in [5.74, 6) is 0. The summed E-state index contributed by atoms with van der Waals surface area (Å²) in [5, 5.41) is 4.60. The van der Waals surface area contributed by atoms with Crippen LogP contribution in [-0.2, 0) is 0 Å². The lowest BCUT2D eigenvalue weighted by Gasteiger charge is -2.22. The van der Waals surface area contributed by atoms with Crippen LogP contribution in [0.1, 0.15) is 45.3 Å². The Bertz CT molecular complexity index is 540. The lowest BCUT2D eigenvalue weighted by Crippen LogP contribution is -2.20. The first-order valence-electron chi connectivity index (χ1n) is 7.02. The highest BCUT2D eigenvalue weighted by atomic mass is 14.9. The Hall–Kier alpha value is -1.41. The summed E-state index contributed by atoms with van der Waals surface area (Å²) in [6, 6.07) is 12.9. The predicted octanol–water partition coefficient (Wildman–Crippen LogP) is 4.32. The van der Waals surface area contributed by atoms with Gasteiger partial charge < -0.3 is 5.32 Å². The zero-order valence-electron chi connectivity index (χ0n) is 12.4. The highest BCUT2D eigenvalue weighted by Crippen LogP contribution is 2.27. The number of rotatable bonds is 4. The number of pyridine rings is 1. The van der Waals surface area contributed by atoms with Crippen molar-refractivity contribution < 1.29 is 0 Å². The Morgan fingerprint density at radius 2 is 1.84 bits per heavy atom. The van der Waals surface area contributed by atoms with Crippen LogP contribution in [0, 0.1) is 5.41 Å². The zero-order valence-corrected chi connectivity index (χ0v) is 12.4. The fourth-order valence-electron chi connectivity index (χ4n) is 2.29. The molecule has 0 fully saturated rings. The van der Waals surface area contributed by atoms with Gasteiger partial charge in [-0.05, 0) is 37.4 Å². The molecule has 2 heteroatoms. The molecule has 2 aromatic rings. The van der Waals surface area contributed by atoms with E-state index in [1.807, 2.05) is 13.1 Å². The number of nitrogens with zero attached hydrogens (tertiary/aromatic N) is 1. The first-order chi connectivity index (χ1) is 8.99. The molecule has 1 aromatic carbocycles. The summed E-state index contributed by atoms with van der Waals surface area (Å²) in [6.45, 7) is 6.86. The average Bonchev–Trinajstić information content (AvgIpc) is 2.38. The SMILES string of the molecule is CNC(CCC(C)(C)C)c1ccc2ccccc2n1. The maximum absolute atomic E-state index is 4.78. The summed E-state index contributed by atoms with van der Waals surface area (Å²) >= 11 is 0. The number of benzene rings is 1. The molecule has 102 valence electrons. The molecule has 1 atom stereocenters. The van der Waals surface area contributed by atoms with E-state index in [4.69, 9.17) is 4.98 Å². The molecule has 2 rings (SSSR count). The maximum atomic E-state index is 4.78. The number of para-hydroxylation sites is 1. The Balaban J connectivity index is 2.20. The lowest BCUT2D eigenvalue weighted by molar-refractivity contribution is 0.336. The monoisotopic (exact) mass is 256 g/mol. The molecule has 1 aromatic heterocycles. The minimum absolute atomic E-state index is 0.337. The summed E-state index contributed by atoms with van der Waals surface area (Å²) in [7, 11) is 2.02. The normalized spacial score (nSPS) is 13.7. The molecule has 0 aliphatic heterocycles. The van der Waals surface area contributed by atoms with Crippen LogP contribution in [0.5, 0.6) is 0 Å². The molecule has 0 bridgehead atoms. The van der Waals surface area contributed by atoms with Crippen LogP contribution in [0.4, 0.5) is 0 Å². The molecule has 0 spiro atoms. The largest absolute Gasteiger partial charge is 0.312 e. The van der Waals surface area contributed by atoms with Crippen LogP contribution >= 0.6 is 0 Å². The van der Waals surface area contributed by atoms with E-state index in [9.17, 15) is 0 Å². The Kier molecular flexibility index (Phi) is 4.20. The molecule has 0 aliphatic rings. The second-order valence-corrected chi connectivity index (χ2v) is 6.37. The Morgan fingerprint density at radius 1 is 1.11 bits per heavy atom. The third-order valence-electron chi connectivity index (χ3n) is 3.51. The van der Waals surface area contributed by atoms with Crippen molar-refractivity contribution in [3.05, 3.63) is 42.1 Å². The molecule has 0 saturated carbocycles. The molecule has 0 radical (unpaired) electrons. The van der Waals surface area contributed by atoms with E-state index in [1.54, 1.807) is 0 Å². The van der Waals surface area contributed by atoms with Crippen LogP contribution < -0.4 is 5.32 Å². The second kappa shape index (κ2) is 5.70.